The Morgan fingerprint density at radius 2 is 1.89 bits per heavy atom. The van der Waals surface area contributed by atoms with Gasteiger partial charge in [0.1, 0.15) is 6.26 Å². The van der Waals surface area contributed by atoms with Crippen LogP contribution in [-0.2, 0) is 24.4 Å². The predicted octanol–water partition coefficient (Wildman–Crippen LogP) is 3.28. The highest BCUT2D eigenvalue weighted by Crippen LogP contribution is 2.32. The topological polar surface area (TPSA) is 89.3 Å². The van der Waals surface area contributed by atoms with Gasteiger partial charge in [-0.05, 0) is 42.7 Å². The van der Waals surface area contributed by atoms with E-state index in [0.29, 0.717) is 24.7 Å². The monoisotopic (exact) mass is 506 g/mol. The van der Waals surface area contributed by atoms with Crippen LogP contribution in [0.3, 0.4) is 0 Å². The van der Waals surface area contributed by atoms with Gasteiger partial charge in [-0.3, -0.25) is 14.6 Å². The van der Waals surface area contributed by atoms with Crippen LogP contribution in [0, 0.1) is 13.8 Å². The first-order valence-electron chi connectivity index (χ1n) is 12.7. The maximum Gasteiger partial charge on any atom is 0.273 e. The lowest BCUT2D eigenvalue weighted by Crippen LogP contribution is -2.41. The Kier molecular flexibility index (Phi) is 8.03. The molecule has 2 aliphatic heterocycles. The number of hydrogen-bond donors (Lipinski definition) is 1. The summed E-state index contributed by atoms with van der Waals surface area (Å²) in [4.78, 5) is 22.0. The minimum absolute atomic E-state index is 0.222. The molecule has 3 heterocycles. The fourth-order valence-corrected chi connectivity index (χ4v) is 4.59. The second-order valence-electron chi connectivity index (χ2n) is 9.59. The summed E-state index contributed by atoms with van der Waals surface area (Å²) in [7, 11) is 0. The number of amides is 1. The van der Waals surface area contributed by atoms with E-state index in [-0.39, 0.29) is 18.4 Å². The number of oxazole rings is 1. The Morgan fingerprint density at radius 1 is 1.05 bits per heavy atom. The van der Waals surface area contributed by atoms with E-state index in [0.717, 1.165) is 57.3 Å². The number of nitrogens with zero attached hydrogens (tertiary/aromatic N) is 3. The molecule has 1 saturated heterocycles. The molecule has 5 rings (SSSR count). The molecule has 2 aliphatic rings. The van der Waals surface area contributed by atoms with E-state index in [9.17, 15) is 4.79 Å². The van der Waals surface area contributed by atoms with E-state index in [1.54, 1.807) is 0 Å². The van der Waals surface area contributed by atoms with Crippen LogP contribution in [0.25, 0.3) is 0 Å². The van der Waals surface area contributed by atoms with Crippen molar-refractivity contribution >= 4 is 5.91 Å². The molecule has 1 aromatic heterocycles. The maximum atomic E-state index is 12.7. The molecule has 3 aromatic rings. The molecule has 37 heavy (non-hydrogen) atoms. The first kappa shape index (κ1) is 25.3. The van der Waals surface area contributed by atoms with Crippen LogP contribution in [0.2, 0.25) is 0 Å². The fraction of sp³-hybridized carbons (Fsp3) is 0.429. The lowest BCUT2D eigenvalue weighted by molar-refractivity contribution is 0.0320. The van der Waals surface area contributed by atoms with Gasteiger partial charge in [-0.15, -0.1) is 0 Å². The van der Waals surface area contributed by atoms with Gasteiger partial charge >= 0.3 is 0 Å². The largest absolute Gasteiger partial charge is 0.454 e. The summed E-state index contributed by atoms with van der Waals surface area (Å²) in [5.74, 6) is 1.66. The average molecular weight is 507 g/mol. The number of carbonyl (C=O) groups is 1. The van der Waals surface area contributed by atoms with Crippen LogP contribution in [0.5, 0.6) is 11.5 Å². The van der Waals surface area contributed by atoms with Crippen LogP contribution < -0.4 is 14.8 Å². The summed E-state index contributed by atoms with van der Waals surface area (Å²) in [6.45, 7) is 11.4. The number of benzene rings is 2. The summed E-state index contributed by atoms with van der Waals surface area (Å²) in [6, 6.07) is 12.2. The first-order valence-corrected chi connectivity index (χ1v) is 12.7. The highest BCUT2D eigenvalue weighted by molar-refractivity contribution is 5.91. The van der Waals surface area contributed by atoms with Gasteiger partial charge in [-0.25, -0.2) is 4.98 Å². The zero-order chi connectivity index (χ0) is 25.6. The molecule has 1 fully saturated rings. The number of hydrogen-bond acceptors (Lipinski definition) is 8. The van der Waals surface area contributed by atoms with Gasteiger partial charge in [0, 0.05) is 39.3 Å². The minimum atomic E-state index is -0.276. The predicted molar refractivity (Wildman–Crippen MR) is 138 cm³/mol. The summed E-state index contributed by atoms with van der Waals surface area (Å²) >= 11 is 0. The first-order chi connectivity index (χ1) is 18.0. The molecule has 2 aromatic carbocycles. The SMILES string of the molecule is Cc1ccc(CN(CCN2CCOCC2)Cc2nc(C(=O)NCc3ccc4c(c3)OCO4)co2)c(C)c1. The van der Waals surface area contributed by atoms with Gasteiger partial charge in [-0.1, -0.05) is 29.8 Å². The van der Waals surface area contributed by atoms with Gasteiger partial charge in [0.25, 0.3) is 5.91 Å². The van der Waals surface area contributed by atoms with E-state index >= 15 is 0 Å². The van der Waals surface area contributed by atoms with E-state index in [1.165, 1.54) is 23.0 Å². The number of aryl methyl sites for hydroxylation is 2. The Labute approximate surface area is 217 Å². The number of morpholine rings is 1. The van der Waals surface area contributed by atoms with E-state index in [2.05, 4.69) is 52.1 Å². The van der Waals surface area contributed by atoms with Gasteiger partial charge in [-0.2, -0.15) is 0 Å². The number of aromatic nitrogens is 1. The smallest absolute Gasteiger partial charge is 0.273 e. The third kappa shape index (κ3) is 6.68. The highest BCUT2D eigenvalue weighted by Gasteiger charge is 2.19. The summed E-state index contributed by atoms with van der Waals surface area (Å²) in [6.07, 6.45) is 1.43. The highest BCUT2D eigenvalue weighted by atomic mass is 16.7. The van der Waals surface area contributed by atoms with Gasteiger partial charge in [0.05, 0.1) is 19.8 Å². The fourth-order valence-electron chi connectivity index (χ4n) is 4.59. The lowest BCUT2D eigenvalue weighted by atomic mass is 10.1. The van der Waals surface area contributed by atoms with Crippen molar-refractivity contribution in [2.45, 2.75) is 33.5 Å². The number of nitrogens with one attached hydrogen (secondary N) is 1. The van der Waals surface area contributed by atoms with Crippen molar-refractivity contribution in [1.82, 2.24) is 20.1 Å². The summed E-state index contributed by atoms with van der Waals surface area (Å²) < 4.78 is 22.0. The Bertz CT molecular complexity index is 1220. The van der Waals surface area contributed by atoms with Crippen LogP contribution in [-0.4, -0.2) is 66.9 Å². The molecule has 9 heteroatoms. The quantitative estimate of drug-likeness (QED) is 0.448. The lowest BCUT2D eigenvalue weighted by Gasteiger charge is -2.30. The van der Waals surface area contributed by atoms with Gasteiger partial charge in [0.2, 0.25) is 12.7 Å². The Balaban J connectivity index is 1.20. The third-order valence-corrected chi connectivity index (χ3v) is 6.76. The number of ether oxygens (including phenoxy) is 3. The number of fused-ring (bicyclic) bond motifs is 1. The Morgan fingerprint density at radius 3 is 2.73 bits per heavy atom. The molecule has 0 spiro atoms. The zero-order valence-corrected chi connectivity index (χ0v) is 21.5. The molecular formula is C28H34N4O5. The molecular weight excluding hydrogens is 472 g/mol. The van der Waals surface area contributed by atoms with Crippen molar-refractivity contribution < 1.29 is 23.4 Å². The molecule has 0 atom stereocenters. The standard InChI is InChI=1S/C28H34N4O5/c1-20-3-5-23(21(2)13-20)16-32(8-7-31-9-11-34-12-10-31)17-27-30-24(18-35-27)28(33)29-15-22-4-6-25-26(14-22)37-19-36-25/h3-6,13-14,18H,7-12,15-17,19H2,1-2H3,(H,29,33). The number of rotatable bonds is 10. The molecule has 0 saturated carbocycles. The summed E-state index contributed by atoms with van der Waals surface area (Å²) in [5.41, 5.74) is 5.00. The van der Waals surface area contributed by atoms with Crippen LogP contribution >= 0.6 is 0 Å². The van der Waals surface area contributed by atoms with Crippen molar-refractivity contribution in [3.63, 3.8) is 0 Å². The van der Waals surface area contributed by atoms with Crippen molar-refractivity contribution in [3.8, 4) is 11.5 Å². The van der Waals surface area contributed by atoms with Crippen LogP contribution in [0.1, 0.15) is 38.6 Å². The summed E-state index contributed by atoms with van der Waals surface area (Å²) in [5, 5.41) is 2.90. The molecule has 196 valence electrons. The van der Waals surface area contributed by atoms with Crippen LogP contribution in [0.4, 0.5) is 0 Å². The molecule has 0 bridgehead atoms. The van der Waals surface area contributed by atoms with E-state index in [1.807, 2.05) is 18.2 Å². The van der Waals surface area contributed by atoms with Crippen molar-refractivity contribution in [2.75, 3.05) is 46.2 Å². The minimum Gasteiger partial charge on any atom is -0.454 e. The molecule has 1 N–H and O–H groups in total. The average Bonchev–Trinajstić information content (AvgIpc) is 3.57. The Hall–Kier alpha value is -3.40. The molecule has 0 aliphatic carbocycles. The van der Waals surface area contributed by atoms with Crippen molar-refractivity contribution in [1.29, 1.82) is 0 Å². The van der Waals surface area contributed by atoms with E-state index < -0.39 is 0 Å². The molecule has 1 amide bonds. The van der Waals surface area contributed by atoms with Crippen LogP contribution in [0.15, 0.2) is 47.1 Å². The molecule has 9 nitrogen and oxygen atoms in total. The second-order valence-corrected chi connectivity index (χ2v) is 9.59. The molecule has 0 unspecified atom stereocenters. The third-order valence-electron chi connectivity index (χ3n) is 6.76. The van der Waals surface area contributed by atoms with Crippen molar-refractivity contribution in [3.05, 3.63) is 76.5 Å². The maximum absolute atomic E-state index is 12.7. The van der Waals surface area contributed by atoms with E-state index in [4.69, 9.17) is 18.6 Å². The molecule has 0 radical (unpaired) electrons. The van der Waals surface area contributed by atoms with Crippen molar-refractivity contribution in [2.24, 2.45) is 0 Å². The normalized spacial score (nSPS) is 15.3. The number of carbonyl (C=O) groups excluding carboxylic acids is 1. The van der Waals surface area contributed by atoms with Gasteiger partial charge < -0.3 is 23.9 Å². The zero-order valence-electron chi connectivity index (χ0n) is 21.5. The van der Waals surface area contributed by atoms with Gasteiger partial charge in [0.15, 0.2) is 17.2 Å². The second kappa shape index (κ2) is 11.8.